The average Bonchev–Trinajstić information content (AvgIpc) is 2.61. The zero-order valence-corrected chi connectivity index (χ0v) is 20.9. The Balaban J connectivity index is 0.00000364. The Hall–Kier alpha value is -0.670. The Morgan fingerprint density at radius 1 is 1.00 bits per heavy atom. The van der Waals surface area contributed by atoms with Crippen LogP contribution >= 0.6 is 0 Å². The SMILES string of the molecule is CC(C)/C(C(=O)[O-])=C(\Cc1ccc(C(=O)N2CCNCC2)cc1)C(=O)[O-].[Na+].[Na+]. The van der Waals surface area contributed by atoms with Crippen molar-refractivity contribution in [2.45, 2.75) is 20.3 Å². The van der Waals surface area contributed by atoms with Crippen LogP contribution in [0.4, 0.5) is 0 Å². The van der Waals surface area contributed by atoms with Crippen molar-refractivity contribution in [1.82, 2.24) is 10.2 Å². The summed E-state index contributed by atoms with van der Waals surface area (Å²) in [7, 11) is 0. The summed E-state index contributed by atoms with van der Waals surface area (Å²) in [5.74, 6) is -3.63. The summed E-state index contributed by atoms with van der Waals surface area (Å²) < 4.78 is 0. The van der Waals surface area contributed by atoms with E-state index in [0.29, 0.717) is 24.2 Å². The van der Waals surface area contributed by atoms with E-state index in [1.807, 2.05) is 0 Å². The second kappa shape index (κ2) is 12.8. The zero-order valence-electron chi connectivity index (χ0n) is 16.9. The van der Waals surface area contributed by atoms with Crippen molar-refractivity contribution >= 4 is 17.8 Å². The van der Waals surface area contributed by atoms with Crippen molar-refractivity contribution in [2.75, 3.05) is 26.2 Å². The summed E-state index contributed by atoms with van der Waals surface area (Å²) in [5, 5.41) is 25.9. The molecule has 1 N–H and O–H groups in total. The summed E-state index contributed by atoms with van der Waals surface area (Å²) in [5.41, 5.74) is 0.520. The molecule has 0 atom stereocenters. The van der Waals surface area contributed by atoms with Gasteiger partial charge in [-0.05, 0) is 41.2 Å². The number of nitrogens with zero attached hydrogens (tertiary/aromatic N) is 1. The molecule has 28 heavy (non-hydrogen) atoms. The van der Waals surface area contributed by atoms with Crippen molar-refractivity contribution < 1.29 is 83.7 Å². The third-order valence-corrected chi connectivity index (χ3v) is 4.35. The van der Waals surface area contributed by atoms with Crippen molar-refractivity contribution in [2.24, 2.45) is 5.92 Å². The van der Waals surface area contributed by atoms with Crippen molar-refractivity contribution in [3.63, 3.8) is 0 Å². The number of aliphatic carboxylic acids is 2. The molecule has 2 rings (SSSR count). The quantitative estimate of drug-likeness (QED) is 0.373. The van der Waals surface area contributed by atoms with Crippen LogP contribution in [-0.2, 0) is 16.0 Å². The number of piperazine rings is 1. The molecule has 7 nitrogen and oxygen atoms in total. The Bertz CT molecular complexity index is 726. The third kappa shape index (κ3) is 7.30. The summed E-state index contributed by atoms with van der Waals surface area (Å²) in [6.45, 7) is 5.96. The van der Waals surface area contributed by atoms with Crippen molar-refractivity contribution in [1.29, 1.82) is 0 Å². The molecule has 0 bridgehead atoms. The molecule has 0 unspecified atom stereocenters. The molecule has 1 fully saturated rings. The standard InChI is InChI=1S/C19H24N2O5.2Na/c1-12(2)16(19(25)26)15(18(23)24)11-13-3-5-14(6-4-13)17(22)21-9-7-20-8-10-21;;/h3-6,12,20H,7-11H2,1-2H3,(H,23,24)(H,25,26);;/q;2*+1/p-2/b16-15-;;. The summed E-state index contributed by atoms with van der Waals surface area (Å²) >= 11 is 0. The van der Waals surface area contributed by atoms with Gasteiger partial charge in [0.25, 0.3) is 5.91 Å². The monoisotopic (exact) mass is 404 g/mol. The minimum Gasteiger partial charge on any atom is -0.545 e. The summed E-state index contributed by atoms with van der Waals surface area (Å²) in [6, 6.07) is 6.51. The number of carbonyl (C=O) groups is 3. The normalized spacial score (nSPS) is 14.5. The maximum absolute atomic E-state index is 12.4. The van der Waals surface area contributed by atoms with Gasteiger partial charge in [0.2, 0.25) is 0 Å². The summed E-state index contributed by atoms with van der Waals surface area (Å²) in [6.07, 6.45) is -0.105. The largest absolute Gasteiger partial charge is 1.00 e. The number of carboxylic acids is 2. The Labute approximate surface area is 209 Å². The van der Waals surface area contributed by atoms with Crippen LogP contribution in [0.2, 0.25) is 0 Å². The minimum atomic E-state index is -1.53. The molecule has 1 heterocycles. The molecule has 0 spiro atoms. The molecule has 140 valence electrons. The van der Waals surface area contributed by atoms with Gasteiger partial charge >= 0.3 is 59.1 Å². The molecule has 1 aliphatic heterocycles. The number of carboxylic acid groups (broad SMARTS) is 2. The molecule has 9 heteroatoms. The molecule has 0 aliphatic carbocycles. The van der Waals surface area contributed by atoms with E-state index in [2.05, 4.69) is 5.32 Å². The van der Waals surface area contributed by atoms with Gasteiger partial charge in [-0.3, -0.25) is 4.79 Å². The number of rotatable bonds is 6. The van der Waals surface area contributed by atoms with E-state index in [9.17, 15) is 24.6 Å². The Kier molecular flexibility index (Phi) is 12.5. The van der Waals surface area contributed by atoms with Crippen LogP contribution in [0.1, 0.15) is 29.8 Å². The predicted octanol–water partition coefficient (Wildman–Crippen LogP) is -7.27. The zero-order chi connectivity index (χ0) is 19.3. The van der Waals surface area contributed by atoms with Crippen LogP contribution in [0.3, 0.4) is 0 Å². The summed E-state index contributed by atoms with van der Waals surface area (Å²) in [4.78, 5) is 36.9. The van der Waals surface area contributed by atoms with Crippen LogP contribution in [0, 0.1) is 5.92 Å². The van der Waals surface area contributed by atoms with Gasteiger partial charge in [0, 0.05) is 31.7 Å². The number of amides is 1. The smallest absolute Gasteiger partial charge is 0.545 e. The van der Waals surface area contributed by atoms with E-state index in [1.165, 1.54) is 0 Å². The molecule has 1 aromatic carbocycles. The van der Waals surface area contributed by atoms with Gasteiger partial charge in [0.05, 0.1) is 11.9 Å². The number of nitrogens with one attached hydrogen (secondary N) is 1. The second-order valence-electron chi connectivity index (χ2n) is 6.54. The fourth-order valence-electron chi connectivity index (χ4n) is 3.00. The van der Waals surface area contributed by atoms with Crippen LogP contribution < -0.4 is 74.6 Å². The third-order valence-electron chi connectivity index (χ3n) is 4.35. The number of benzene rings is 1. The maximum Gasteiger partial charge on any atom is 1.00 e. The van der Waals surface area contributed by atoms with Crippen LogP contribution in [-0.4, -0.2) is 48.9 Å². The topological polar surface area (TPSA) is 113 Å². The van der Waals surface area contributed by atoms with Gasteiger partial charge in [-0.25, -0.2) is 0 Å². The van der Waals surface area contributed by atoms with E-state index in [4.69, 9.17) is 0 Å². The van der Waals surface area contributed by atoms with E-state index in [0.717, 1.165) is 13.1 Å². The molecular weight excluding hydrogens is 382 g/mol. The molecule has 1 aromatic rings. The van der Waals surface area contributed by atoms with Gasteiger partial charge in [0.1, 0.15) is 0 Å². The molecule has 1 amide bonds. The van der Waals surface area contributed by atoms with Crippen molar-refractivity contribution in [3.8, 4) is 0 Å². The maximum atomic E-state index is 12.4. The van der Waals surface area contributed by atoms with Gasteiger partial charge < -0.3 is 30.0 Å². The van der Waals surface area contributed by atoms with Crippen molar-refractivity contribution in [3.05, 3.63) is 46.5 Å². The fourth-order valence-corrected chi connectivity index (χ4v) is 3.00. The van der Waals surface area contributed by atoms with E-state index in [1.54, 1.807) is 43.0 Å². The second-order valence-corrected chi connectivity index (χ2v) is 6.54. The van der Waals surface area contributed by atoms with Crippen LogP contribution in [0.5, 0.6) is 0 Å². The molecule has 1 aliphatic rings. The molecule has 0 saturated carbocycles. The first-order valence-electron chi connectivity index (χ1n) is 8.56. The molecule has 0 radical (unpaired) electrons. The Morgan fingerprint density at radius 2 is 1.54 bits per heavy atom. The average molecular weight is 404 g/mol. The van der Waals surface area contributed by atoms with Crippen LogP contribution in [0.25, 0.3) is 0 Å². The van der Waals surface area contributed by atoms with E-state index >= 15 is 0 Å². The first kappa shape index (κ1) is 27.3. The van der Waals surface area contributed by atoms with Gasteiger partial charge in [0.15, 0.2) is 0 Å². The van der Waals surface area contributed by atoms with E-state index in [-0.39, 0.29) is 82.6 Å². The molecular formula is C19H22N2Na2O5. The van der Waals surface area contributed by atoms with Gasteiger partial charge in [-0.1, -0.05) is 26.0 Å². The first-order chi connectivity index (χ1) is 12.3. The van der Waals surface area contributed by atoms with Gasteiger partial charge in [-0.2, -0.15) is 0 Å². The van der Waals surface area contributed by atoms with E-state index < -0.39 is 17.9 Å². The first-order valence-corrected chi connectivity index (χ1v) is 8.56. The Morgan fingerprint density at radius 3 is 1.96 bits per heavy atom. The molecule has 1 saturated heterocycles. The number of hydrogen-bond acceptors (Lipinski definition) is 6. The fraction of sp³-hybridized carbons (Fsp3) is 0.421. The minimum absolute atomic E-state index is 0. The van der Waals surface area contributed by atoms with Gasteiger partial charge in [-0.15, -0.1) is 0 Å². The number of carbonyl (C=O) groups excluding carboxylic acids is 3. The molecule has 0 aromatic heterocycles. The van der Waals surface area contributed by atoms with Crippen LogP contribution in [0.15, 0.2) is 35.4 Å². The number of hydrogen-bond donors (Lipinski definition) is 1. The predicted molar refractivity (Wildman–Crippen MR) is 90.8 cm³/mol.